The number of alkyl halides is 3. The Hall–Kier alpha value is -3.83. The van der Waals surface area contributed by atoms with Crippen molar-refractivity contribution in [3.05, 3.63) is 72.1 Å². The molecule has 2 aromatic carbocycles. The Morgan fingerprint density at radius 3 is 2.38 bits per heavy atom. The van der Waals surface area contributed by atoms with E-state index in [9.17, 15) is 13.2 Å². The first-order chi connectivity index (χ1) is 16.7. The molecule has 0 spiro atoms. The standard InChI is InChI=1S/C25H24F3N5O2.ClH.H2O/c1-15(2)33-24(35-21-8-6-5-7-20(21)25(26,27)28)31-23(32-33)30-18-9-10-19(22(14-18)34-4)17-11-12-29-16(3)13-17;;/h5-15H,1-4H3,(H,30,32);1H;1H2. The zero-order valence-corrected chi connectivity index (χ0v) is 21.3. The van der Waals surface area contributed by atoms with Crippen LogP contribution in [-0.2, 0) is 6.18 Å². The van der Waals surface area contributed by atoms with E-state index >= 15 is 0 Å². The summed E-state index contributed by atoms with van der Waals surface area (Å²) in [6.07, 6.45) is -2.83. The molecule has 12 heteroatoms. The van der Waals surface area contributed by atoms with Crippen LogP contribution >= 0.6 is 12.4 Å². The molecule has 2 heterocycles. The summed E-state index contributed by atoms with van der Waals surface area (Å²) in [5.74, 6) is 0.451. The number of pyridine rings is 1. The molecule has 0 fully saturated rings. The first kappa shape index (κ1) is 29.4. The van der Waals surface area contributed by atoms with Gasteiger partial charge in [-0.25, -0.2) is 4.68 Å². The number of benzene rings is 2. The van der Waals surface area contributed by atoms with E-state index in [0.29, 0.717) is 11.4 Å². The van der Waals surface area contributed by atoms with E-state index < -0.39 is 11.7 Å². The van der Waals surface area contributed by atoms with Crippen molar-refractivity contribution in [3.8, 4) is 28.6 Å². The number of halogens is 4. The summed E-state index contributed by atoms with van der Waals surface area (Å²) in [5, 5.41) is 7.46. The van der Waals surface area contributed by atoms with E-state index in [1.165, 1.54) is 22.9 Å². The molecule has 4 rings (SSSR count). The van der Waals surface area contributed by atoms with Gasteiger partial charge >= 0.3 is 12.2 Å². The minimum absolute atomic E-state index is 0. The molecule has 8 nitrogen and oxygen atoms in total. The van der Waals surface area contributed by atoms with Gasteiger partial charge in [-0.1, -0.05) is 12.1 Å². The molecule has 0 unspecified atom stereocenters. The van der Waals surface area contributed by atoms with Gasteiger partial charge in [0.1, 0.15) is 11.5 Å². The number of ether oxygens (including phenoxy) is 2. The van der Waals surface area contributed by atoms with Crippen molar-refractivity contribution >= 4 is 24.0 Å². The number of nitrogens with one attached hydrogen (secondary N) is 1. The predicted molar refractivity (Wildman–Crippen MR) is 137 cm³/mol. The number of hydrogen-bond donors (Lipinski definition) is 1. The highest BCUT2D eigenvalue weighted by Gasteiger charge is 2.34. The summed E-state index contributed by atoms with van der Waals surface area (Å²) in [6, 6.07) is 14.1. The largest absolute Gasteiger partial charge is 0.496 e. The second-order valence-corrected chi connectivity index (χ2v) is 8.08. The smallest absolute Gasteiger partial charge is 0.419 e. The van der Waals surface area contributed by atoms with Crippen LogP contribution in [0, 0.1) is 6.92 Å². The van der Waals surface area contributed by atoms with Gasteiger partial charge in [-0.15, -0.1) is 17.5 Å². The minimum Gasteiger partial charge on any atom is -0.496 e. The van der Waals surface area contributed by atoms with Gasteiger partial charge in [0.15, 0.2) is 0 Å². The van der Waals surface area contributed by atoms with Crippen molar-refractivity contribution in [2.45, 2.75) is 33.0 Å². The molecule has 0 bridgehead atoms. The molecule has 3 N–H and O–H groups in total. The predicted octanol–water partition coefficient (Wildman–Crippen LogP) is 6.39. The highest BCUT2D eigenvalue weighted by Crippen LogP contribution is 2.38. The Bertz CT molecular complexity index is 1350. The molecule has 2 aromatic heterocycles. The average Bonchev–Trinajstić information content (AvgIpc) is 3.21. The molecule has 0 saturated heterocycles. The summed E-state index contributed by atoms with van der Waals surface area (Å²) in [7, 11) is 1.58. The maximum Gasteiger partial charge on any atom is 0.419 e. The Morgan fingerprint density at radius 2 is 1.73 bits per heavy atom. The Morgan fingerprint density at radius 1 is 1.00 bits per heavy atom. The third-order valence-corrected chi connectivity index (χ3v) is 5.15. The summed E-state index contributed by atoms with van der Waals surface area (Å²) in [4.78, 5) is 8.52. The van der Waals surface area contributed by atoms with Gasteiger partial charge in [0, 0.05) is 29.2 Å². The summed E-state index contributed by atoms with van der Waals surface area (Å²) >= 11 is 0. The zero-order chi connectivity index (χ0) is 25.2. The van der Waals surface area contributed by atoms with Gasteiger partial charge < -0.3 is 20.3 Å². The highest BCUT2D eigenvalue weighted by molar-refractivity contribution is 5.85. The van der Waals surface area contributed by atoms with Crippen LogP contribution in [0.4, 0.5) is 24.8 Å². The number of rotatable bonds is 7. The number of para-hydroxylation sites is 1. The van der Waals surface area contributed by atoms with Gasteiger partial charge in [-0.3, -0.25) is 4.98 Å². The van der Waals surface area contributed by atoms with Crippen LogP contribution in [0.3, 0.4) is 0 Å². The molecule has 0 radical (unpaired) electrons. The minimum atomic E-state index is -4.56. The molecule has 4 aromatic rings. The lowest BCUT2D eigenvalue weighted by molar-refractivity contribution is -0.138. The van der Waals surface area contributed by atoms with Crippen molar-refractivity contribution < 1.29 is 28.1 Å². The highest BCUT2D eigenvalue weighted by atomic mass is 35.5. The van der Waals surface area contributed by atoms with Crippen LogP contribution in [0.15, 0.2) is 60.8 Å². The normalized spacial score (nSPS) is 10.9. The van der Waals surface area contributed by atoms with Gasteiger partial charge in [-0.2, -0.15) is 18.2 Å². The van der Waals surface area contributed by atoms with Crippen LogP contribution in [0.5, 0.6) is 17.5 Å². The fraction of sp³-hybridized carbons (Fsp3) is 0.240. The van der Waals surface area contributed by atoms with Crippen LogP contribution in [0.25, 0.3) is 11.1 Å². The van der Waals surface area contributed by atoms with E-state index in [2.05, 4.69) is 20.4 Å². The quantitative estimate of drug-likeness (QED) is 0.293. The lowest BCUT2D eigenvalue weighted by Gasteiger charge is -2.14. The fourth-order valence-electron chi connectivity index (χ4n) is 3.51. The number of aryl methyl sites for hydroxylation is 1. The van der Waals surface area contributed by atoms with Gasteiger partial charge in [0.25, 0.3) is 0 Å². The Labute approximate surface area is 218 Å². The molecule has 0 saturated carbocycles. The lowest BCUT2D eigenvalue weighted by Crippen LogP contribution is -2.09. The fourth-order valence-corrected chi connectivity index (χ4v) is 3.51. The number of hydrogen-bond acceptors (Lipinski definition) is 6. The first-order valence-electron chi connectivity index (χ1n) is 10.8. The number of anilines is 2. The van der Waals surface area contributed by atoms with Crippen molar-refractivity contribution in [1.29, 1.82) is 0 Å². The van der Waals surface area contributed by atoms with Gasteiger partial charge in [-0.05, 0) is 62.7 Å². The van der Waals surface area contributed by atoms with Crippen LogP contribution < -0.4 is 14.8 Å². The average molecular weight is 538 g/mol. The molecular formula is C25H27ClF3N5O3. The summed E-state index contributed by atoms with van der Waals surface area (Å²) in [5.41, 5.74) is 2.48. The summed E-state index contributed by atoms with van der Waals surface area (Å²) in [6.45, 7) is 5.57. The number of methoxy groups -OCH3 is 1. The van der Waals surface area contributed by atoms with Crippen molar-refractivity contribution in [1.82, 2.24) is 19.7 Å². The Kier molecular flexibility index (Phi) is 9.49. The zero-order valence-electron chi connectivity index (χ0n) is 20.5. The Balaban J connectivity index is 0.00000241. The van der Waals surface area contributed by atoms with E-state index in [4.69, 9.17) is 9.47 Å². The molecule has 37 heavy (non-hydrogen) atoms. The number of aromatic nitrogens is 4. The van der Waals surface area contributed by atoms with E-state index in [0.717, 1.165) is 22.9 Å². The van der Waals surface area contributed by atoms with Crippen molar-refractivity contribution in [2.24, 2.45) is 0 Å². The van der Waals surface area contributed by atoms with E-state index in [1.807, 2.05) is 45.0 Å². The third kappa shape index (κ3) is 6.69. The van der Waals surface area contributed by atoms with Crippen molar-refractivity contribution in [3.63, 3.8) is 0 Å². The van der Waals surface area contributed by atoms with Crippen molar-refractivity contribution in [2.75, 3.05) is 12.4 Å². The SMILES string of the molecule is COc1cc(Nc2nc(Oc3ccccc3C(F)(F)F)n(C(C)C)n2)ccc1-c1ccnc(C)c1.Cl.O. The second-order valence-electron chi connectivity index (χ2n) is 8.08. The second kappa shape index (κ2) is 11.9. The first-order valence-corrected chi connectivity index (χ1v) is 10.8. The topological polar surface area (TPSA) is 106 Å². The molecule has 0 aliphatic carbocycles. The van der Waals surface area contributed by atoms with Gasteiger partial charge in [0.2, 0.25) is 5.95 Å². The van der Waals surface area contributed by atoms with Crippen LogP contribution in [0.2, 0.25) is 0 Å². The maximum atomic E-state index is 13.4. The van der Waals surface area contributed by atoms with E-state index in [1.54, 1.807) is 19.4 Å². The molecule has 0 aliphatic heterocycles. The third-order valence-electron chi connectivity index (χ3n) is 5.15. The molecule has 198 valence electrons. The number of nitrogens with zero attached hydrogens (tertiary/aromatic N) is 4. The molecule has 0 amide bonds. The summed E-state index contributed by atoms with van der Waals surface area (Å²) < 4.78 is 52.8. The monoisotopic (exact) mass is 537 g/mol. The molecular weight excluding hydrogens is 511 g/mol. The van der Waals surface area contributed by atoms with Crippen LogP contribution in [-0.4, -0.2) is 32.3 Å². The molecule has 0 aliphatic rings. The van der Waals surface area contributed by atoms with Gasteiger partial charge in [0.05, 0.1) is 18.7 Å². The lowest BCUT2D eigenvalue weighted by atomic mass is 10.0. The molecule has 0 atom stereocenters. The maximum absolute atomic E-state index is 13.4. The van der Waals surface area contributed by atoms with E-state index in [-0.39, 0.29) is 41.6 Å². The van der Waals surface area contributed by atoms with Crippen LogP contribution in [0.1, 0.15) is 31.1 Å².